The number of aliphatic hydroxyl groups excluding tert-OH is 1. The van der Waals surface area contributed by atoms with E-state index in [1.54, 1.807) is 4.90 Å². The summed E-state index contributed by atoms with van der Waals surface area (Å²) in [6.45, 7) is 3.73. The van der Waals surface area contributed by atoms with Gasteiger partial charge in [-0.25, -0.2) is 8.78 Å². The van der Waals surface area contributed by atoms with Crippen molar-refractivity contribution in [3.05, 3.63) is 35.4 Å². The lowest BCUT2D eigenvalue weighted by molar-refractivity contribution is -0.122. The van der Waals surface area contributed by atoms with Crippen LogP contribution in [0.1, 0.15) is 24.9 Å². The number of hydrogen-bond acceptors (Lipinski definition) is 4. The normalized spacial score (nSPS) is 21.6. The molecular formula is C16H22F2N2O3. The smallest absolute Gasteiger partial charge is 0.234 e. The van der Waals surface area contributed by atoms with E-state index < -0.39 is 17.7 Å². The van der Waals surface area contributed by atoms with Gasteiger partial charge in [-0.3, -0.25) is 9.69 Å². The van der Waals surface area contributed by atoms with Crippen molar-refractivity contribution in [3.63, 3.8) is 0 Å². The minimum Gasteiger partial charge on any atom is -0.392 e. The molecule has 2 rings (SSSR count). The summed E-state index contributed by atoms with van der Waals surface area (Å²) in [6.07, 6.45) is -0.207. The Morgan fingerprint density at radius 2 is 2.22 bits per heavy atom. The summed E-state index contributed by atoms with van der Waals surface area (Å²) in [6, 6.07) is 3.37. The highest BCUT2D eigenvalue weighted by Crippen LogP contribution is 2.32. The first-order valence-corrected chi connectivity index (χ1v) is 7.72. The van der Waals surface area contributed by atoms with E-state index in [0.29, 0.717) is 38.3 Å². The van der Waals surface area contributed by atoms with E-state index >= 15 is 0 Å². The molecule has 0 bridgehead atoms. The maximum Gasteiger partial charge on any atom is 0.234 e. The molecule has 0 spiro atoms. The second kappa shape index (κ2) is 8.33. The molecule has 0 radical (unpaired) electrons. The van der Waals surface area contributed by atoms with Crippen molar-refractivity contribution < 1.29 is 23.4 Å². The third kappa shape index (κ3) is 4.95. The number of amides is 1. The van der Waals surface area contributed by atoms with Crippen LogP contribution in [-0.2, 0) is 9.53 Å². The van der Waals surface area contributed by atoms with Crippen LogP contribution in [0, 0.1) is 11.6 Å². The lowest BCUT2D eigenvalue weighted by atomic mass is 10.0. The second-order valence-electron chi connectivity index (χ2n) is 5.56. The Morgan fingerprint density at radius 1 is 1.43 bits per heavy atom. The van der Waals surface area contributed by atoms with Crippen molar-refractivity contribution in [3.8, 4) is 0 Å². The van der Waals surface area contributed by atoms with Crippen molar-refractivity contribution in [2.45, 2.75) is 25.5 Å². The minimum absolute atomic E-state index is 0.0901. The summed E-state index contributed by atoms with van der Waals surface area (Å²) in [4.78, 5) is 13.7. The number of nitrogens with zero attached hydrogens (tertiary/aromatic N) is 1. The molecule has 2 unspecified atom stereocenters. The van der Waals surface area contributed by atoms with Crippen molar-refractivity contribution in [2.24, 2.45) is 0 Å². The Balaban J connectivity index is 1.96. The van der Waals surface area contributed by atoms with Crippen molar-refractivity contribution in [1.29, 1.82) is 0 Å². The van der Waals surface area contributed by atoms with Gasteiger partial charge < -0.3 is 15.2 Å². The zero-order chi connectivity index (χ0) is 16.8. The van der Waals surface area contributed by atoms with Crippen LogP contribution < -0.4 is 5.32 Å². The highest BCUT2D eigenvalue weighted by atomic mass is 19.2. The Labute approximate surface area is 134 Å². The number of likely N-dealkylation sites (tertiary alicyclic amines) is 1. The second-order valence-corrected chi connectivity index (χ2v) is 5.56. The Morgan fingerprint density at radius 3 is 2.91 bits per heavy atom. The standard InChI is InChI=1S/C16H22F2N2O3/c1-2-23-6-5-19-16(22)10-20-9-12(21)8-15(20)11-3-4-13(17)14(18)7-11/h3-4,7,12,15,21H,2,5-6,8-10H2,1H3,(H,19,22). The van der Waals surface area contributed by atoms with Crippen LogP contribution in [0.4, 0.5) is 8.78 Å². The lowest BCUT2D eigenvalue weighted by Crippen LogP contribution is -2.38. The molecule has 2 N–H and O–H groups in total. The van der Waals surface area contributed by atoms with E-state index in [-0.39, 0.29) is 18.5 Å². The van der Waals surface area contributed by atoms with Crippen molar-refractivity contribution in [2.75, 3.05) is 32.8 Å². The van der Waals surface area contributed by atoms with Gasteiger partial charge in [-0.2, -0.15) is 0 Å². The summed E-state index contributed by atoms with van der Waals surface area (Å²) in [5.41, 5.74) is 0.558. The van der Waals surface area contributed by atoms with Crippen LogP contribution in [0.25, 0.3) is 0 Å². The van der Waals surface area contributed by atoms with Gasteiger partial charge in [0.15, 0.2) is 11.6 Å². The molecule has 5 nitrogen and oxygen atoms in total. The summed E-state index contributed by atoms with van der Waals surface area (Å²) in [7, 11) is 0. The van der Waals surface area contributed by atoms with Crippen LogP contribution >= 0.6 is 0 Å². The number of benzene rings is 1. The predicted molar refractivity (Wildman–Crippen MR) is 80.8 cm³/mol. The molecule has 1 aliphatic heterocycles. The van der Waals surface area contributed by atoms with E-state index in [1.807, 2.05) is 6.92 Å². The van der Waals surface area contributed by atoms with Gasteiger partial charge in [-0.15, -0.1) is 0 Å². The number of β-amino-alcohol motifs (C(OH)–C–C–N with tert-alkyl or cyclic N) is 1. The molecule has 1 aromatic carbocycles. The fraction of sp³-hybridized carbons (Fsp3) is 0.562. The van der Waals surface area contributed by atoms with Gasteiger partial charge in [0, 0.05) is 25.7 Å². The van der Waals surface area contributed by atoms with E-state index in [9.17, 15) is 18.7 Å². The Bertz CT molecular complexity index is 542. The molecule has 128 valence electrons. The molecule has 1 fully saturated rings. The van der Waals surface area contributed by atoms with Crippen molar-refractivity contribution in [1.82, 2.24) is 10.2 Å². The van der Waals surface area contributed by atoms with Crippen LogP contribution in [0.15, 0.2) is 18.2 Å². The van der Waals surface area contributed by atoms with Crippen molar-refractivity contribution >= 4 is 5.91 Å². The highest BCUT2D eigenvalue weighted by molar-refractivity contribution is 5.78. The van der Waals surface area contributed by atoms with Gasteiger partial charge in [-0.1, -0.05) is 6.07 Å². The van der Waals surface area contributed by atoms with Gasteiger partial charge in [0.2, 0.25) is 5.91 Å². The first-order chi connectivity index (χ1) is 11.0. The fourth-order valence-corrected chi connectivity index (χ4v) is 2.77. The first kappa shape index (κ1) is 17.8. The summed E-state index contributed by atoms with van der Waals surface area (Å²) in [5, 5.41) is 12.6. The number of rotatable bonds is 7. The lowest BCUT2D eigenvalue weighted by Gasteiger charge is -2.24. The number of aliphatic hydroxyl groups is 1. The van der Waals surface area contributed by atoms with E-state index in [0.717, 1.165) is 12.1 Å². The largest absolute Gasteiger partial charge is 0.392 e. The summed E-state index contributed by atoms with van der Waals surface area (Å²) < 4.78 is 31.6. The molecule has 1 heterocycles. The minimum atomic E-state index is -0.926. The van der Waals surface area contributed by atoms with Crippen LogP contribution in [-0.4, -0.2) is 54.9 Å². The molecule has 0 saturated carbocycles. The molecule has 7 heteroatoms. The zero-order valence-electron chi connectivity index (χ0n) is 13.1. The number of carbonyl (C=O) groups is 1. The van der Waals surface area contributed by atoms with Gasteiger partial charge in [0.1, 0.15) is 0 Å². The van der Waals surface area contributed by atoms with Crippen LogP contribution in [0.3, 0.4) is 0 Å². The fourth-order valence-electron chi connectivity index (χ4n) is 2.77. The predicted octanol–water partition coefficient (Wildman–Crippen LogP) is 1.23. The molecule has 1 aromatic rings. The molecule has 23 heavy (non-hydrogen) atoms. The third-order valence-corrected chi connectivity index (χ3v) is 3.83. The average Bonchev–Trinajstić information content (AvgIpc) is 2.87. The average molecular weight is 328 g/mol. The molecule has 1 saturated heterocycles. The summed E-state index contributed by atoms with van der Waals surface area (Å²) in [5.74, 6) is -2.02. The number of hydrogen-bond donors (Lipinski definition) is 2. The maximum absolute atomic E-state index is 13.4. The number of halogens is 2. The molecule has 1 aliphatic rings. The zero-order valence-corrected chi connectivity index (χ0v) is 13.1. The number of ether oxygens (including phenoxy) is 1. The third-order valence-electron chi connectivity index (χ3n) is 3.83. The molecule has 0 aromatic heterocycles. The molecular weight excluding hydrogens is 306 g/mol. The van der Waals surface area contributed by atoms with E-state index in [4.69, 9.17) is 4.74 Å². The number of carbonyl (C=O) groups excluding carboxylic acids is 1. The Kier molecular flexibility index (Phi) is 6.44. The summed E-state index contributed by atoms with van der Waals surface area (Å²) >= 11 is 0. The first-order valence-electron chi connectivity index (χ1n) is 7.72. The van der Waals surface area contributed by atoms with Gasteiger partial charge in [0.25, 0.3) is 0 Å². The van der Waals surface area contributed by atoms with Gasteiger partial charge in [-0.05, 0) is 31.0 Å². The van der Waals surface area contributed by atoms with Crippen LogP contribution in [0.5, 0.6) is 0 Å². The number of nitrogens with one attached hydrogen (secondary N) is 1. The van der Waals surface area contributed by atoms with Gasteiger partial charge in [0.05, 0.1) is 19.3 Å². The van der Waals surface area contributed by atoms with Gasteiger partial charge >= 0.3 is 0 Å². The SMILES string of the molecule is CCOCCNC(=O)CN1CC(O)CC1c1ccc(F)c(F)c1. The molecule has 2 atom stereocenters. The Hall–Kier alpha value is -1.57. The van der Waals surface area contributed by atoms with E-state index in [1.165, 1.54) is 6.07 Å². The molecule has 0 aliphatic carbocycles. The van der Waals surface area contributed by atoms with E-state index in [2.05, 4.69) is 5.32 Å². The van der Waals surface area contributed by atoms with Crippen LogP contribution in [0.2, 0.25) is 0 Å². The highest BCUT2D eigenvalue weighted by Gasteiger charge is 2.33. The maximum atomic E-state index is 13.4. The quantitative estimate of drug-likeness (QED) is 0.739. The molecule has 1 amide bonds. The monoisotopic (exact) mass is 328 g/mol. The topological polar surface area (TPSA) is 61.8 Å².